The summed E-state index contributed by atoms with van der Waals surface area (Å²) in [6.07, 6.45) is -5.22. The maximum Gasteiger partial charge on any atom is 0.426 e. The van der Waals surface area contributed by atoms with Gasteiger partial charge >= 0.3 is 6.18 Å². The van der Waals surface area contributed by atoms with Crippen molar-refractivity contribution in [3.8, 4) is 0 Å². The van der Waals surface area contributed by atoms with Crippen molar-refractivity contribution in [3.05, 3.63) is 52.8 Å². The Kier molecular flexibility index (Phi) is 5.80. The second kappa shape index (κ2) is 7.34. The molecule has 2 aromatic rings. The second-order valence-electron chi connectivity index (χ2n) is 6.03. The van der Waals surface area contributed by atoms with Gasteiger partial charge in [-0.25, -0.2) is 12.8 Å². The molecule has 1 atom stereocenters. The first-order valence-electron chi connectivity index (χ1n) is 7.60. The summed E-state index contributed by atoms with van der Waals surface area (Å²) in [6.45, 7) is 1.57. The molecule has 0 aromatic heterocycles. The van der Waals surface area contributed by atoms with Crippen LogP contribution in [0.15, 0.2) is 46.2 Å². The van der Waals surface area contributed by atoms with Gasteiger partial charge in [0.25, 0.3) is 5.91 Å². The molecule has 0 spiro atoms. The number of benzene rings is 2. The van der Waals surface area contributed by atoms with Crippen LogP contribution in [0.5, 0.6) is 0 Å². The van der Waals surface area contributed by atoms with Crippen molar-refractivity contribution in [2.24, 2.45) is 0 Å². The van der Waals surface area contributed by atoms with Crippen LogP contribution in [0, 0.1) is 12.7 Å². The van der Waals surface area contributed by atoms with Crippen molar-refractivity contribution in [2.75, 3.05) is 5.32 Å². The van der Waals surface area contributed by atoms with Crippen LogP contribution in [0.4, 0.5) is 23.2 Å². The predicted octanol–water partition coefficient (Wildman–Crippen LogP) is 3.87. The minimum atomic E-state index is -5.22. The lowest BCUT2D eigenvalue weighted by atomic mass is 10.1. The summed E-state index contributed by atoms with van der Waals surface area (Å²) in [6, 6.07) is 6.00. The number of hydrogen-bond donors (Lipinski definition) is 2. The molecule has 2 aromatic carbocycles. The van der Waals surface area contributed by atoms with Crippen LogP contribution < -0.4 is 5.32 Å². The quantitative estimate of drug-likeness (QED) is 0.559. The molecule has 1 amide bonds. The standard InChI is InChI=1S/C17H14ClF4NO4S/c1-9-12(23-15(24)16(2,25)17(20,21)22)7-8-13(14(9)18)28(26,27)11-5-3-10(19)4-6-11/h3-8,25H,1-2H3,(H,23,24)/t16-/m1/s1. The fourth-order valence-electron chi connectivity index (χ4n) is 2.12. The Morgan fingerprint density at radius 1 is 1.11 bits per heavy atom. The highest BCUT2D eigenvalue weighted by Crippen LogP contribution is 2.35. The molecule has 0 fully saturated rings. The zero-order valence-electron chi connectivity index (χ0n) is 14.4. The van der Waals surface area contributed by atoms with Crippen LogP contribution >= 0.6 is 11.6 Å². The zero-order chi connectivity index (χ0) is 21.5. The van der Waals surface area contributed by atoms with Crippen molar-refractivity contribution in [1.29, 1.82) is 0 Å². The third kappa shape index (κ3) is 3.98. The van der Waals surface area contributed by atoms with Gasteiger partial charge in [0.1, 0.15) is 5.82 Å². The summed E-state index contributed by atoms with van der Waals surface area (Å²) in [7, 11) is -4.15. The third-order valence-corrected chi connectivity index (χ3v) is 6.42. The summed E-state index contributed by atoms with van der Waals surface area (Å²) < 4.78 is 76.6. The van der Waals surface area contributed by atoms with E-state index in [1.165, 1.54) is 6.92 Å². The molecule has 0 saturated carbocycles. The minimum absolute atomic E-state index is 0.0313. The van der Waals surface area contributed by atoms with Crippen LogP contribution in [0.25, 0.3) is 0 Å². The van der Waals surface area contributed by atoms with E-state index in [0.717, 1.165) is 36.4 Å². The lowest BCUT2D eigenvalue weighted by molar-refractivity contribution is -0.242. The summed E-state index contributed by atoms with van der Waals surface area (Å²) in [5.74, 6) is -2.40. The third-order valence-electron chi connectivity index (χ3n) is 4.01. The molecule has 0 aliphatic rings. The number of alkyl halides is 3. The average Bonchev–Trinajstić information content (AvgIpc) is 2.58. The second-order valence-corrected chi connectivity index (χ2v) is 8.33. The van der Waals surface area contributed by atoms with Crippen LogP contribution in [-0.2, 0) is 14.6 Å². The molecule has 0 unspecified atom stereocenters. The van der Waals surface area contributed by atoms with Crippen LogP contribution in [0.2, 0.25) is 5.02 Å². The maximum atomic E-state index is 13.0. The Morgan fingerprint density at radius 2 is 1.64 bits per heavy atom. The van der Waals surface area contributed by atoms with E-state index in [2.05, 4.69) is 0 Å². The highest BCUT2D eigenvalue weighted by Gasteiger charge is 2.55. The van der Waals surface area contributed by atoms with Crippen molar-refractivity contribution < 1.29 is 35.9 Å². The lowest BCUT2D eigenvalue weighted by Crippen LogP contribution is -2.52. The summed E-state index contributed by atoms with van der Waals surface area (Å²) in [5, 5.41) is 10.9. The fourth-order valence-corrected chi connectivity index (χ4v) is 3.97. The monoisotopic (exact) mass is 439 g/mol. The number of carbonyl (C=O) groups is 1. The highest BCUT2D eigenvalue weighted by molar-refractivity contribution is 7.91. The zero-order valence-corrected chi connectivity index (χ0v) is 16.0. The number of nitrogens with one attached hydrogen (secondary N) is 1. The first-order chi connectivity index (χ1) is 12.7. The number of hydrogen-bond acceptors (Lipinski definition) is 4. The molecule has 0 aliphatic carbocycles. The van der Waals surface area contributed by atoms with Crippen molar-refractivity contribution >= 4 is 33.0 Å². The van der Waals surface area contributed by atoms with Gasteiger partial charge in [-0.3, -0.25) is 4.79 Å². The first kappa shape index (κ1) is 22.1. The maximum absolute atomic E-state index is 13.0. The first-order valence-corrected chi connectivity index (χ1v) is 9.46. The topological polar surface area (TPSA) is 83.5 Å². The average molecular weight is 440 g/mol. The number of amides is 1. The molecule has 152 valence electrons. The van der Waals surface area contributed by atoms with E-state index >= 15 is 0 Å². The molecule has 2 rings (SSSR count). The van der Waals surface area contributed by atoms with Crippen LogP contribution in [-0.4, -0.2) is 31.2 Å². The molecule has 0 bridgehead atoms. The summed E-state index contributed by atoms with van der Waals surface area (Å²) >= 11 is 6.06. The number of anilines is 1. The molecule has 28 heavy (non-hydrogen) atoms. The summed E-state index contributed by atoms with van der Waals surface area (Å²) in [5.41, 5.74) is -3.90. The number of carbonyl (C=O) groups excluding carboxylic acids is 1. The van der Waals surface area contributed by atoms with Gasteiger partial charge in [-0.1, -0.05) is 11.6 Å². The Hall–Kier alpha value is -2.17. The number of rotatable bonds is 4. The van der Waals surface area contributed by atoms with Gasteiger partial charge in [-0.05, 0) is 55.8 Å². The van der Waals surface area contributed by atoms with Crippen molar-refractivity contribution in [3.63, 3.8) is 0 Å². The van der Waals surface area contributed by atoms with Crippen LogP contribution in [0.3, 0.4) is 0 Å². The normalized spacial score (nSPS) is 14.4. The van der Waals surface area contributed by atoms with E-state index in [0.29, 0.717) is 0 Å². The van der Waals surface area contributed by atoms with E-state index in [1.54, 1.807) is 0 Å². The van der Waals surface area contributed by atoms with E-state index in [9.17, 15) is 35.9 Å². The number of halogens is 5. The Morgan fingerprint density at radius 3 is 2.14 bits per heavy atom. The van der Waals surface area contributed by atoms with E-state index in [-0.39, 0.29) is 33.0 Å². The predicted molar refractivity (Wildman–Crippen MR) is 93.3 cm³/mol. The van der Waals surface area contributed by atoms with Gasteiger partial charge in [0, 0.05) is 5.69 Å². The van der Waals surface area contributed by atoms with Crippen LogP contribution in [0.1, 0.15) is 12.5 Å². The molecule has 0 heterocycles. The van der Waals surface area contributed by atoms with E-state index < -0.39 is 33.3 Å². The Labute approximate surface area is 162 Å². The van der Waals surface area contributed by atoms with Gasteiger partial charge in [-0.15, -0.1) is 0 Å². The van der Waals surface area contributed by atoms with Gasteiger partial charge in [0.2, 0.25) is 15.4 Å². The molecule has 0 radical (unpaired) electrons. The minimum Gasteiger partial charge on any atom is -0.373 e. The van der Waals surface area contributed by atoms with Crippen molar-refractivity contribution in [2.45, 2.75) is 35.4 Å². The Bertz CT molecular complexity index is 1020. The van der Waals surface area contributed by atoms with E-state index in [4.69, 9.17) is 11.6 Å². The van der Waals surface area contributed by atoms with Gasteiger partial charge < -0.3 is 10.4 Å². The highest BCUT2D eigenvalue weighted by atomic mass is 35.5. The summed E-state index contributed by atoms with van der Waals surface area (Å²) in [4.78, 5) is 11.2. The molecule has 2 N–H and O–H groups in total. The number of aliphatic hydroxyl groups is 1. The smallest absolute Gasteiger partial charge is 0.373 e. The SMILES string of the molecule is Cc1c(NC(=O)[C@@](C)(O)C(F)(F)F)ccc(S(=O)(=O)c2ccc(F)cc2)c1Cl. The van der Waals surface area contributed by atoms with Gasteiger partial charge in [0.15, 0.2) is 0 Å². The van der Waals surface area contributed by atoms with E-state index in [1.807, 2.05) is 5.32 Å². The van der Waals surface area contributed by atoms with Crippen molar-refractivity contribution in [1.82, 2.24) is 0 Å². The lowest BCUT2D eigenvalue weighted by Gasteiger charge is -2.25. The molecule has 0 aliphatic heterocycles. The molecular weight excluding hydrogens is 426 g/mol. The van der Waals surface area contributed by atoms with Gasteiger partial charge in [0.05, 0.1) is 14.8 Å². The Balaban J connectivity index is 2.43. The number of sulfone groups is 1. The molecular formula is C17H14ClF4NO4S. The van der Waals surface area contributed by atoms with Gasteiger partial charge in [-0.2, -0.15) is 13.2 Å². The fraction of sp³-hybridized carbons (Fsp3) is 0.235. The molecule has 11 heteroatoms. The molecule has 0 saturated heterocycles. The largest absolute Gasteiger partial charge is 0.426 e. The molecule has 5 nitrogen and oxygen atoms in total.